The summed E-state index contributed by atoms with van der Waals surface area (Å²) in [6, 6.07) is 7.54. The fourth-order valence-corrected chi connectivity index (χ4v) is 2.30. The fraction of sp³-hybridized carbons (Fsp3) is 0.222. The average molecular weight is 351 g/mol. The van der Waals surface area contributed by atoms with Crippen molar-refractivity contribution in [1.29, 1.82) is 0 Å². The standard InChI is InChI=1S/C18H16F3NO3/c1-25-18(24)16(8-11-4-2-3-5-14(11)20)22-17(23)9-12-6-7-13(19)10-15(12)21/h2-7,10,16H,8-9H2,1H3,(H,22,23)/t16-/m1/s1. The van der Waals surface area contributed by atoms with E-state index >= 15 is 0 Å². The van der Waals surface area contributed by atoms with Crippen LogP contribution in [-0.2, 0) is 27.2 Å². The summed E-state index contributed by atoms with van der Waals surface area (Å²) in [5.41, 5.74) is 0.208. The third-order valence-corrected chi connectivity index (χ3v) is 3.57. The second-order valence-electron chi connectivity index (χ2n) is 5.35. The lowest BCUT2D eigenvalue weighted by Gasteiger charge is -2.17. The molecule has 2 aromatic carbocycles. The first-order chi connectivity index (χ1) is 11.9. The Labute approximate surface area is 142 Å². The minimum atomic E-state index is -1.13. The number of nitrogens with one attached hydrogen (secondary N) is 1. The fourth-order valence-electron chi connectivity index (χ4n) is 2.30. The van der Waals surface area contributed by atoms with Crippen LogP contribution < -0.4 is 5.32 Å². The Morgan fingerprint density at radius 1 is 1.04 bits per heavy atom. The number of carbonyl (C=O) groups is 2. The van der Waals surface area contributed by atoms with Gasteiger partial charge in [-0.3, -0.25) is 4.79 Å². The number of hydrogen-bond acceptors (Lipinski definition) is 3. The molecule has 0 aromatic heterocycles. The lowest BCUT2D eigenvalue weighted by Crippen LogP contribution is -2.43. The SMILES string of the molecule is COC(=O)[C@@H](Cc1ccccc1F)NC(=O)Cc1ccc(F)cc1F. The molecule has 132 valence electrons. The summed E-state index contributed by atoms with van der Waals surface area (Å²) in [5.74, 6) is -3.56. The van der Waals surface area contributed by atoms with Crippen molar-refractivity contribution in [2.45, 2.75) is 18.9 Å². The number of amides is 1. The Bertz CT molecular complexity index is 780. The van der Waals surface area contributed by atoms with Crippen LogP contribution in [0.2, 0.25) is 0 Å². The number of rotatable bonds is 6. The Balaban J connectivity index is 2.09. The van der Waals surface area contributed by atoms with Gasteiger partial charge in [0.15, 0.2) is 0 Å². The van der Waals surface area contributed by atoms with Crippen molar-refractivity contribution in [3.8, 4) is 0 Å². The van der Waals surface area contributed by atoms with E-state index in [1.807, 2.05) is 0 Å². The van der Waals surface area contributed by atoms with Crippen LogP contribution in [0.25, 0.3) is 0 Å². The maximum absolute atomic E-state index is 13.7. The molecule has 0 fully saturated rings. The molecule has 0 spiro atoms. The molecule has 1 amide bonds. The second kappa shape index (κ2) is 8.32. The van der Waals surface area contributed by atoms with E-state index in [2.05, 4.69) is 10.1 Å². The molecule has 0 aliphatic rings. The van der Waals surface area contributed by atoms with Gasteiger partial charge in [-0.2, -0.15) is 0 Å². The first kappa shape index (κ1) is 18.5. The highest BCUT2D eigenvalue weighted by Gasteiger charge is 2.23. The Morgan fingerprint density at radius 3 is 2.40 bits per heavy atom. The predicted octanol–water partition coefficient (Wildman–Crippen LogP) is 2.55. The molecule has 0 aliphatic heterocycles. The Hall–Kier alpha value is -2.83. The maximum atomic E-state index is 13.7. The van der Waals surface area contributed by atoms with Gasteiger partial charge >= 0.3 is 5.97 Å². The zero-order valence-corrected chi connectivity index (χ0v) is 13.4. The highest BCUT2D eigenvalue weighted by Crippen LogP contribution is 2.12. The van der Waals surface area contributed by atoms with Gasteiger partial charge in [0, 0.05) is 12.5 Å². The van der Waals surface area contributed by atoms with Gasteiger partial charge < -0.3 is 10.1 Å². The van der Waals surface area contributed by atoms with Crippen LogP contribution >= 0.6 is 0 Å². The minimum Gasteiger partial charge on any atom is -0.467 e. The van der Waals surface area contributed by atoms with Crippen LogP contribution in [0.1, 0.15) is 11.1 Å². The highest BCUT2D eigenvalue weighted by atomic mass is 19.1. The largest absolute Gasteiger partial charge is 0.467 e. The van der Waals surface area contributed by atoms with E-state index in [1.165, 1.54) is 18.2 Å². The van der Waals surface area contributed by atoms with E-state index in [0.717, 1.165) is 19.2 Å². The van der Waals surface area contributed by atoms with Crippen molar-refractivity contribution < 1.29 is 27.5 Å². The first-order valence-corrected chi connectivity index (χ1v) is 7.45. The van der Waals surface area contributed by atoms with Crippen molar-refractivity contribution >= 4 is 11.9 Å². The molecule has 7 heteroatoms. The predicted molar refractivity (Wildman–Crippen MR) is 84.1 cm³/mol. The molecule has 0 saturated carbocycles. The molecule has 1 N–H and O–H groups in total. The van der Waals surface area contributed by atoms with Crippen LogP contribution in [0.5, 0.6) is 0 Å². The molecule has 2 aromatic rings. The van der Waals surface area contributed by atoms with Gasteiger partial charge in [0.2, 0.25) is 5.91 Å². The molecule has 0 saturated heterocycles. The number of methoxy groups -OCH3 is 1. The molecule has 0 heterocycles. The average Bonchev–Trinajstić information content (AvgIpc) is 2.58. The van der Waals surface area contributed by atoms with Crippen molar-refractivity contribution in [3.05, 3.63) is 71.0 Å². The molecule has 25 heavy (non-hydrogen) atoms. The number of esters is 1. The van der Waals surface area contributed by atoms with E-state index in [9.17, 15) is 22.8 Å². The molecule has 2 rings (SSSR count). The molecule has 0 unspecified atom stereocenters. The number of hydrogen-bond donors (Lipinski definition) is 1. The van der Waals surface area contributed by atoms with Crippen molar-refractivity contribution in [2.24, 2.45) is 0 Å². The van der Waals surface area contributed by atoms with Crippen LogP contribution in [0.15, 0.2) is 42.5 Å². The zero-order valence-electron chi connectivity index (χ0n) is 13.4. The first-order valence-electron chi connectivity index (χ1n) is 7.45. The number of halogens is 3. The van der Waals surface area contributed by atoms with Crippen molar-refractivity contribution in [2.75, 3.05) is 7.11 Å². The molecule has 4 nitrogen and oxygen atoms in total. The molecular weight excluding hydrogens is 335 g/mol. The summed E-state index contributed by atoms with van der Waals surface area (Å²) in [6.07, 6.45) is -0.506. The Kier molecular flexibility index (Phi) is 6.16. The molecule has 0 aliphatic carbocycles. The topological polar surface area (TPSA) is 55.4 Å². The summed E-state index contributed by atoms with van der Waals surface area (Å²) in [7, 11) is 1.14. The second-order valence-corrected chi connectivity index (χ2v) is 5.35. The van der Waals surface area contributed by atoms with E-state index in [-0.39, 0.29) is 17.5 Å². The Morgan fingerprint density at radius 2 is 1.76 bits per heavy atom. The summed E-state index contributed by atoms with van der Waals surface area (Å²) in [6.45, 7) is 0. The number of carbonyl (C=O) groups excluding carboxylic acids is 2. The number of ether oxygens (including phenoxy) is 1. The van der Waals surface area contributed by atoms with Crippen molar-refractivity contribution in [1.82, 2.24) is 5.32 Å². The summed E-state index contributed by atoms with van der Waals surface area (Å²) in [5, 5.41) is 2.39. The summed E-state index contributed by atoms with van der Waals surface area (Å²) >= 11 is 0. The third kappa shape index (κ3) is 5.07. The van der Waals surface area contributed by atoms with E-state index in [1.54, 1.807) is 6.07 Å². The van der Waals surface area contributed by atoms with Gasteiger partial charge in [0.25, 0.3) is 0 Å². The highest BCUT2D eigenvalue weighted by molar-refractivity contribution is 5.85. The number of benzene rings is 2. The normalized spacial score (nSPS) is 11.7. The van der Waals surface area contributed by atoms with Gasteiger partial charge in [-0.25, -0.2) is 18.0 Å². The molecule has 0 bridgehead atoms. The van der Waals surface area contributed by atoms with Gasteiger partial charge in [-0.15, -0.1) is 0 Å². The monoisotopic (exact) mass is 351 g/mol. The lowest BCUT2D eigenvalue weighted by atomic mass is 10.0. The van der Waals surface area contributed by atoms with Crippen molar-refractivity contribution in [3.63, 3.8) is 0 Å². The minimum absolute atomic E-state index is 0.0200. The van der Waals surface area contributed by atoms with Gasteiger partial charge in [0.1, 0.15) is 23.5 Å². The third-order valence-electron chi connectivity index (χ3n) is 3.57. The van der Waals surface area contributed by atoms with Gasteiger partial charge in [-0.1, -0.05) is 24.3 Å². The van der Waals surface area contributed by atoms with Gasteiger partial charge in [0.05, 0.1) is 13.5 Å². The van der Waals surface area contributed by atoms with E-state index in [0.29, 0.717) is 6.07 Å². The van der Waals surface area contributed by atoms with E-state index in [4.69, 9.17) is 0 Å². The lowest BCUT2D eigenvalue weighted by molar-refractivity contribution is -0.145. The maximum Gasteiger partial charge on any atom is 0.328 e. The van der Waals surface area contributed by atoms with Crippen LogP contribution in [0, 0.1) is 17.5 Å². The van der Waals surface area contributed by atoms with Crippen LogP contribution in [0.3, 0.4) is 0 Å². The molecular formula is C18H16F3NO3. The molecule has 1 atom stereocenters. The zero-order chi connectivity index (χ0) is 18.4. The quantitative estimate of drug-likeness (QED) is 0.814. The molecule has 0 radical (unpaired) electrons. The van der Waals surface area contributed by atoms with Crippen LogP contribution in [-0.4, -0.2) is 25.0 Å². The summed E-state index contributed by atoms with van der Waals surface area (Å²) in [4.78, 5) is 23.9. The summed E-state index contributed by atoms with van der Waals surface area (Å²) < 4.78 is 44.9. The van der Waals surface area contributed by atoms with E-state index < -0.39 is 41.8 Å². The smallest absolute Gasteiger partial charge is 0.328 e. The van der Waals surface area contributed by atoms with Gasteiger partial charge in [-0.05, 0) is 23.3 Å². The van der Waals surface area contributed by atoms with Crippen LogP contribution in [0.4, 0.5) is 13.2 Å².